The summed E-state index contributed by atoms with van der Waals surface area (Å²) in [4.78, 5) is 28.6. The zero-order chi connectivity index (χ0) is 23.6. The van der Waals surface area contributed by atoms with Gasteiger partial charge in [-0.2, -0.15) is 0 Å². The summed E-state index contributed by atoms with van der Waals surface area (Å²) in [6.45, 7) is 10.5. The SMILES string of the molecule is COc1ccc(-c2ccc3c(N4CCOCC4)nc(C)nc3n2)cc1COC(=O)C(C)(C)C. The highest BCUT2D eigenvalue weighted by Gasteiger charge is 2.23. The second-order valence-electron chi connectivity index (χ2n) is 9.11. The molecule has 0 saturated carbocycles. The molecule has 174 valence electrons. The van der Waals surface area contributed by atoms with E-state index in [1.165, 1.54) is 0 Å². The Hall–Kier alpha value is -3.26. The molecule has 4 rings (SSSR count). The van der Waals surface area contributed by atoms with Gasteiger partial charge >= 0.3 is 5.97 Å². The predicted octanol–water partition coefficient (Wildman–Crippen LogP) is 3.93. The van der Waals surface area contributed by atoms with Crippen LogP contribution in [0.2, 0.25) is 0 Å². The molecule has 2 aromatic heterocycles. The first kappa shape index (κ1) is 22.9. The van der Waals surface area contributed by atoms with Gasteiger partial charge in [-0.15, -0.1) is 0 Å². The maximum absolute atomic E-state index is 12.2. The number of carbonyl (C=O) groups excluding carboxylic acids is 1. The zero-order valence-electron chi connectivity index (χ0n) is 19.8. The van der Waals surface area contributed by atoms with E-state index < -0.39 is 5.41 Å². The molecule has 0 amide bonds. The molecule has 1 saturated heterocycles. The van der Waals surface area contributed by atoms with Crippen molar-refractivity contribution in [2.24, 2.45) is 5.41 Å². The molecule has 0 spiro atoms. The van der Waals surface area contributed by atoms with Crippen molar-refractivity contribution >= 4 is 22.8 Å². The van der Waals surface area contributed by atoms with Crippen molar-refractivity contribution in [3.8, 4) is 17.0 Å². The molecule has 0 radical (unpaired) electrons. The van der Waals surface area contributed by atoms with Gasteiger partial charge in [0.05, 0.1) is 36.8 Å². The largest absolute Gasteiger partial charge is 0.496 e. The van der Waals surface area contributed by atoms with Crippen LogP contribution in [-0.2, 0) is 20.9 Å². The minimum atomic E-state index is -0.569. The van der Waals surface area contributed by atoms with Gasteiger partial charge in [0.1, 0.15) is 24.0 Å². The van der Waals surface area contributed by atoms with E-state index >= 15 is 0 Å². The van der Waals surface area contributed by atoms with Gasteiger partial charge in [0, 0.05) is 24.2 Å². The van der Waals surface area contributed by atoms with E-state index in [2.05, 4.69) is 14.9 Å². The van der Waals surface area contributed by atoms with Crippen LogP contribution in [0, 0.1) is 12.3 Å². The van der Waals surface area contributed by atoms with E-state index in [4.69, 9.17) is 19.2 Å². The minimum absolute atomic E-state index is 0.128. The molecule has 33 heavy (non-hydrogen) atoms. The first-order valence-electron chi connectivity index (χ1n) is 11.1. The van der Waals surface area contributed by atoms with Crippen LogP contribution in [0.3, 0.4) is 0 Å². The molecule has 1 aromatic carbocycles. The van der Waals surface area contributed by atoms with Crippen LogP contribution in [0.5, 0.6) is 5.75 Å². The topological polar surface area (TPSA) is 86.7 Å². The molecule has 0 unspecified atom stereocenters. The highest BCUT2D eigenvalue weighted by Crippen LogP contribution is 2.30. The minimum Gasteiger partial charge on any atom is -0.496 e. The monoisotopic (exact) mass is 450 g/mol. The van der Waals surface area contributed by atoms with Crippen LogP contribution in [0.15, 0.2) is 30.3 Å². The lowest BCUT2D eigenvalue weighted by Gasteiger charge is -2.28. The molecular weight excluding hydrogens is 420 g/mol. The first-order chi connectivity index (χ1) is 15.8. The Morgan fingerprint density at radius 3 is 2.55 bits per heavy atom. The first-order valence-corrected chi connectivity index (χ1v) is 11.1. The Labute approximate surface area is 193 Å². The fourth-order valence-corrected chi connectivity index (χ4v) is 3.69. The number of anilines is 1. The number of pyridine rings is 1. The summed E-state index contributed by atoms with van der Waals surface area (Å²) < 4.78 is 16.5. The van der Waals surface area contributed by atoms with Crippen molar-refractivity contribution in [1.82, 2.24) is 15.0 Å². The summed E-state index contributed by atoms with van der Waals surface area (Å²) in [6.07, 6.45) is 0. The second-order valence-corrected chi connectivity index (χ2v) is 9.11. The molecule has 1 aliphatic rings. The van der Waals surface area contributed by atoms with Gasteiger partial charge in [-0.3, -0.25) is 4.79 Å². The number of esters is 1. The number of aryl methyl sites for hydroxylation is 1. The molecule has 8 nitrogen and oxygen atoms in total. The number of morpholine rings is 1. The number of fused-ring (bicyclic) bond motifs is 1. The Kier molecular flexibility index (Phi) is 6.47. The molecule has 0 atom stereocenters. The lowest BCUT2D eigenvalue weighted by atomic mass is 9.97. The van der Waals surface area contributed by atoms with E-state index in [1.807, 2.05) is 58.0 Å². The maximum atomic E-state index is 12.2. The number of rotatable bonds is 5. The third kappa shape index (κ3) is 5.06. The normalized spacial score (nSPS) is 14.4. The number of methoxy groups -OCH3 is 1. The predicted molar refractivity (Wildman–Crippen MR) is 126 cm³/mol. The Bertz CT molecular complexity index is 1170. The lowest BCUT2D eigenvalue weighted by Crippen LogP contribution is -2.37. The number of carbonyl (C=O) groups is 1. The van der Waals surface area contributed by atoms with Crippen molar-refractivity contribution in [2.45, 2.75) is 34.3 Å². The summed E-state index contributed by atoms with van der Waals surface area (Å²) in [5.41, 5.74) is 2.53. The number of nitrogens with zero attached hydrogens (tertiary/aromatic N) is 4. The second kappa shape index (κ2) is 9.31. The van der Waals surface area contributed by atoms with E-state index in [0.29, 0.717) is 30.4 Å². The van der Waals surface area contributed by atoms with Crippen molar-refractivity contribution in [2.75, 3.05) is 38.3 Å². The van der Waals surface area contributed by atoms with Gasteiger partial charge in [-0.1, -0.05) is 0 Å². The number of hydrogen-bond donors (Lipinski definition) is 0. The molecule has 1 aliphatic heterocycles. The summed E-state index contributed by atoms with van der Waals surface area (Å²) in [5.74, 6) is 1.97. The summed E-state index contributed by atoms with van der Waals surface area (Å²) >= 11 is 0. The van der Waals surface area contributed by atoms with Gasteiger partial charge in [-0.25, -0.2) is 15.0 Å². The molecule has 0 bridgehead atoms. The highest BCUT2D eigenvalue weighted by atomic mass is 16.5. The fourth-order valence-electron chi connectivity index (χ4n) is 3.69. The van der Waals surface area contributed by atoms with Crippen LogP contribution in [0.4, 0.5) is 5.82 Å². The third-order valence-corrected chi connectivity index (χ3v) is 5.51. The average Bonchev–Trinajstić information content (AvgIpc) is 2.81. The molecule has 8 heteroatoms. The van der Waals surface area contributed by atoms with Gasteiger partial charge in [0.25, 0.3) is 0 Å². The quantitative estimate of drug-likeness (QED) is 0.541. The van der Waals surface area contributed by atoms with Crippen LogP contribution >= 0.6 is 0 Å². The van der Waals surface area contributed by atoms with E-state index in [1.54, 1.807) is 7.11 Å². The van der Waals surface area contributed by atoms with E-state index in [9.17, 15) is 4.79 Å². The third-order valence-electron chi connectivity index (χ3n) is 5.51. The number of aromatic nitrogens is 3. The summed E-state index contributed by atoms with van der Waals surface area (Å²) in [5, 5.41) is 0.916. The molecule has 1 fully saturated rings. The molecule has 3 aromatic rings. The lowest BCUT2D eigenvalue weighted by molar-refractivity contribution is -0.154. The van der Waals surface area contributed by atoms with E-state index in [0.717, 1.165) is 41.1 Å². The van der Waals surface area contributed by atoms with Crippen molar-refractivity contribution in [1.29, 1.82) is 0 Å². The highest BCUT2D eigenvalue weighted by molar-refractivity contribution is 5.89. The average molecular weight is 451 g/mol. The zero-order valence-corrected chi connectivity index (χ0v) is 19.8. The van der Waals surface area contributed by atoms with Gasteiger partial charge in [0.15, 0.2) is 5.65 Å². The Balaban J connectivity index is 1.67. The van der Waals surface area contributed by atoms with Crippen molar-refractivity contribution in [3.63, 3.8) is 0 Å². The molecular formula is C25H30N4O4. The van der Waals surface area contributed by atoms with Crippen LogP contribution in [0.1, 0.15) is 32.2 Å². The molecule has 0 aliphatic carbocycles. The van der Waals surface area contributed by atoms with Crippen LogP contribution in [-0.4, -0.2) is 54.3 Å². The molecule has 3 heterocycles. The number of ether oxygens (including phenoxy) is 3. The standard InChI is InChI=1S/C25H30N4O4/c1-16-26-22-19(23(27-16)29-10-12-32-13-11-29)7-8-20(28-22)17-6-9-21(31-5)18(14-17)15-33-24(30)25(2,3)4/h6-9,14H,10-13,15H2,1-5H3. The summed E-state index contributed by atoms with van der Waals surface area (Å²) in [6, 6.07) is 9.74. The smallest absolute Gasteiger partial charge is 0.311 e. The molecule has 0 N–H and O–H groups in total. The van der Waals surface area contributed by atoms with Crippen LogP contribution < -0.4 is 9.64 Å². The van der Waals surface area contributed by atoms with Crippen molar-refractivity contribution < 1.29 is 19.0 Å². The van der Waals surface area contributed by atoms with Crippen molar-refractivity contribution in [3.05, 3.63) is 41.7 Å². The van der Waals surface area contributed by atoms with Gasteiger partial charge < -0.3 is 19.1 Å². The van der Waals surface area contributed by atoms with E-state index in [-0.39, 0.29) is 12.6 Å². The Morgan fingerprint density at radius 1 is 1.09 bits per heavy atom. The Morgan fingerprint density at radius 2 is 1.85 bits per heavy atom. The fraction of sp³-hybridized carbons (Fsp3) is 0.440. The number of hydrogen-bond acceptors (Lipinski definition) is 8. The van der Waals surface area contributed by atoms with Gasteiger partial charge in [0.2, 0.25) is 0 Å². The van der Waals surface area contributed by atoms with Gasteiger partial charge in [-0.05, 0) is 58.0 Å². The summed E-state index contributed by atoms with van der Waals surface area (Å²) in [7, 11) is 1.60. The maximum Gasteiger partial charge on any atom is 0.311 e. The van der Waals surface area contributed by atoms with Crippen LogP contribution in [0.25, 0.3) is 22.3 Å². The number of benzene rings is 1.